The van der Waals surface area contributed by atoms with Crippen LogP contribution in [0, 0.1) is 0 Å². The van der Waals surface area contributed by atoms with Crippen molar-refractivity contribution in [2.24, 2.45) is 0 Å². The average molecular weight is 317 g/mol. The van der Waals surface area contributed by atoms with Crippen LogP contribution in [-0.2, 0) is 19.6 Å². The summed E-state index contributed by atoms with van der Waals surface area (Å²) in [7, 11) is 9.72. The van der Waals surface area contributed by atoms with Gasteiger partial charge in [-0.1, -0.05) is 6.07 Å². The van der Waals surface area contributed by atoms with Gasteiger partial charge in [-0.3, -0.25) is 0 Å². The molecular weight excluding hydrogens is 303 g/mol. The van der Waals surface area contributed by atoms with E-state index in [2.05, 4.69) is 21.4 Å². The molecule has 0 aliphatic carbocycles. The molecule has 0 heterocycles. The van der Waals surface area contributed by atoms with Crippen molar-refractivity contribution in [2.75, 3.05) is 21.3 Å². The highest BCUT2D eigenvalue weighted by molar-refractivity contribution is 8.31. The second kappa shape index (κ2) is 8.42. The predicted octanol–water partition coefficient (Wildman–Crippen LogP) is 2.56. The lowest BCUT2D eigenvalue weighted by Gasteiger charge is -2.08. The van der Waals surface area contributed by atoms with Crippen LogP contribution in [0.4, 0.5) is 0 Å². The van der Waals surface area contributed by atoms with E-state index < -0.39 is 8.26 Å². The molecule has 1 aromatic carbocycles. The molecule has 0 unspecified atom stereocenters. The first-order valence-corrected chi connectivity index (χ1v) is 7.79. The molecule has 104 valence electrons. The Balaban J connectivity index is 0.000000494. The highest BCUT2D eigenvalue weighted by atomic mass is 36.0. The number of rotatable bonds is 4. The molecule has 0 aliphatic heterocycles. The summed E-state index contributed by atoms with van der Waals surface area (Å²) in [4.78, 5) is 0. The quantitative estimate of drug-likeness (QED) is 0.799. The lowest BCUT2D eigenvalue weighted by Crippen LogP contribution is -1.93. The van der Waals surface area contributed by atoms with Crippen molar-refractivity contribution < 1.29 is 22.6 Å². The van der Waals surface area contributed by atoms with Crippen molar-refractivity contribution in [3.63, 3.8) is 0 Å². The Labute approximate surface area is 115 Å². The van der Waals surface area contributed by atoms with E-state index in [1.807, 2.05) is 18.2 Å². The molecule has 0 saturated carbocycles. The lowest BCUT2D eigenvalue weighted by molar-refractivity contribution is 0.184. The van der Waals surface area contributed by atoms with Crippen molar-refractivity contribution in [2.45, 2.75) is 6.61 Å². The molecule has 0 bridgehead atoms. The van der Waals surface area contributed by atoms with Gasteiger partial charge in [-0.15, -0.1) is 0 Å². The van der Waals surface area contributed by atoms with Crippen molar-refractivity contribution >= 4 is 29.6 Å². The zero-order valence-electron chi connectivity index (χ0n) is 10.1. The topological polar surface area (TPSA) is 61.8 Å². The number of halogens is 2. The Morgan fingerprint density at radius 2 is 1.56 bits per heavy atom. The van der Waals surface area contributed by atoms with Gasteiger partial charge >= 0.3 is 8.26 Å². The second-order valence-electron chi connectivity index (χ2n) is 3.00. The summed E-state index contributed by atoms with van der Waals surface area (Å²) in [5.74, 6) is 1.47. The third-order valence-corrected chi connectivity index (χ3v) is 1.76. The average Bonchev–Trinajstić information content (AvgIpc) is 2.27. The lowest BCUT2D eigenvalue weighted by atomic mass is 10.2. The highest BCUT2D eigenvalue weighted by Crippen LogP contribution is 2.27. The van der Waals surface area contributed by atoms with E-state index >= 15 is 0 Å². The fraction of sp³-hybridized carbons (Fsp3) is 0.400. The molecule has 1 rings (SSSR count). The van der Waals surface area contributed by atoms with Gasteiger partial charge in [0.2, 0.25) is 0 Å². The first kappa shape index (κ1) is 17.3. The summed E-state index contributed by atoms with van der Waals surface area (Å²) in [5.41, 5.74) is 1.07. The maximum Gasteiger partial charge on any atom is 0.317 e. The third kappa shape index (κ3) is 8.41. The molecule has 0 N–H and O–H groups in total. The number of methoxy groups -OCH3 is 3. The Bertz CT molecular complexity index is 453. The van der Waals surface area contributed by atoms with Gasteiger partial charge in [-0.05, 0) is 17.7 Å². The van der Waals surface area contributed by atoms with E-state index in [0.717, 1.165) is 17.1 Å². The van der Waals surface area contributed by atoms with Crippen LogP contribution >= 0.6 is 21.4 Å². The molecule has 0 saturated heterocycles. The van der Waals surface area contributed by atoms with Crippen LogP contribution in [0.25, 0.3) is 0 Å². The summed E-state index contributed by atoms with van der Waals surface area (Å²) in [6, 6.07) is 5.72. The zero-order valence-corrected chi connectivity index (χ0v) is 12.5. The Hall–Kier alpha value is -0.690. The van der Waals surface area contributed by atoms with Crippen LogP contribution in [0.3, 0.4) is 0 Å². The van der Waals surface area contributed by atoms with E-state index in [1.54, 1.807) is 21.3 Å². The molecule has 0 atom stereocenters. The van der Waals surface area contributed by atoms with E-state index in [4.69, 9.17) is 22.6 Å². The number of hydrogen-bond acceptors (Lipinski definition) is 5. The maximum atomic E-state index is 9.16. The number of benzene rings is 1. The van der Waals surface area contributed by atoms with E-state index in [9.17, 15) is 0 Å². The smallest absolute Gasteiger partial charge is 0.317 e. The SMILES string of the molecule is COCc1ccc(OC)c(OC)c1.O=S(=O)(Cl)Cl. The molecule has 5 nitrogen and oxygen atoms in total. The van der Waals surface area contributed by atoms with Crippen LogP contribution in [0.5, 0.6) is 11.5 Å². The van der Waals surface area contributed by atoms with Gasteiger partial charge in [-0.25, -0.2) is 0 Å². The van der Waals surface area contributed by atoms with Crippen molar-refractivity contribution in [3.8, 4) is 11.5 Å². The van der Waals surface area contributed by atoms with E-state index in [0.29, 0.717) is 6.61 Å². The molecular formula is C10H14Cl2O5S. The van der Waals surface area contributed by atoms with Crippen LogP contribution in [-0.4, -0.2) is 29.7 Å². The summed E-state index contributed by atoms with van der Waals surface area (Å²) in [5, 5.41) is 0. The minimum absolute atomic E-state index is 0.584. The van der Waals surface area contributed by atoms with Crippen molar-refractivity contribution in [1.82, 2.24) is 0 Å². The van der Waals surface area contributed by atoms with Gasteiger partial charge < -0.3 is 14.2 Å². The Morgan fingerprint density at radius 1 is 1.06 bits per heavy atom. The monoisotopic (exact) mass is 316 g/mol. The molecule has 0 aromatic heterocycles. The summed E-state index contributed by atoms with van der Waals surface area (Å²) in [6.45, 7) is 0.584. The molecule has 18 heavy (non-hydrogen) atoms. The Kier molecular flexibility index (Phi) is 8.10. The van der Waals surface area contributed by atoms with Crippen LogP contribution in [0.2, 0.25) is 0 Å². The van der Waals surface area contributed by atoms with Crippen molar-refractivity contribution in [1.29, 1.82) is 0 Å². The minimum Gasteiger partial charge on any atom is -0.493 e. The largest absolute Gasteiger partial charge is 0.493 e. The number of ether oxygens (including phenoxy) is 3. The zero-order chi connectivity index (χ0) is 14.2. The van der Waals surface area contributed by atoms with E-state index in [-0.39, 0.29) is 0 Å². The predicted molar refractivity (Wildman–Crippen MR) is 70.9 cm³/mol. The van der Waals surface area contributed by atoms with Gasteiger partial charge in [0.25, 0.3) is 0 Å². The number of hydrogen-bond donors (Lipinski definition) is 0. The fourth-order valence-electron chi connectivity index (χ4n) is 1.14. The van der Waals surface area contributed by atoms with Gasteiger partial charge in [0.15, 0.2) is 11.5 Å². The van der Waals surface area contributed by atoms with E-state index in [1.165, 1.54) is 0 Å². The second-order valence-corrected chi connectivity index (χ2v) is 6.67. The van der Waals surface area contributed by atoms with Gasteiger partial charge in [0.1, 0.15) is 0 Å². The molecule has 1 aromatic rings. The van der Waals surface area contributed by atoms with Crippen LogP contribution in [0.1, 0.15) is 5.56 Å². The fourth-order valence-corrected chi connectivity index (χ4v) is 1.14. The maximum absolute atomic E-state index is 9.16. The Morgan fingerprint density at radius 3 is 1.94 bits per heavy atom. The molecule has 0 aliphatic rings. The van der Waals surface area contributed by atoms with Gasteiger partial charge in [0.05, 0.1) is 20.8 Å². The summed E-state index contributed by atoms with van der Waals surface area (Å²) in [6.07, 6.45) is 0. The highest BCUT2D eigenvalue weighted by Gasteiger charge is 2.03. The molecule has 8 heteroatoms. The van der Waals surface area contributed by atoms with Crippen LogP contribution < -0.4 is 9.47 Å². The summed E-state index contributed by atoms with van der Waals surface area (Å²) >= 11 is 0. The first-order valence-electron chi connectivity index (χ1n) is 4.66. The normalized spacial score (nSPS) is 10.3. The molecule has 0 fully saturated rings. The van der Waals surface area contributed by atoms with Gasteiger partial charge in [-0.2, -0.15) is 8.42 Å². The van der Waals surface area contributed by atoms with Crippen LogP contribution in [0.15, 0.2) is 18.2 Å². The molecule has 0 radical (unpaired) electrons. The van der Waals surface area contributed by atoms with Gasteiger partial charge in [0, 0.05) is 28.5 Å². The molecule has 0 amide bonds. The first-order chi connectivity index (χ1) is 8.31. The summed E-state index contributed by atoms with van der Waals surface area (Å²) < 4.78 is 33.6. The minimum atomic E-state index is -3.72. The molecule has 0 spiro atoms. The standard InChI is InChI=1S/C10H14O3.Cl2O2S/c1-11-7-8-4-5-9(12-2)10(6-8)13-3;1-5(2,3)4/h4-6H,7H2,1-3H3;. The van der Waals surface area contributed by atoms with Crippen molar-refractivity contribution in [3.05, 3.63) is 23.8 Å². The third-order valence-electron chi connectivity index (χ3n) is 1.76.